The van der Waals surface area contributed by atoms with Crippen molar-refractivity contribution in [3.63, 3.8) is 0 Å². The first kappa shape index (κ1) is 5.87. The quantitative estimate of drug-likeness (QED) is 0.347. The minimum absolute atomic E-state index is 0.294. The van der Waals surface area contributed by atoms with Gasteiger partial charge in [0.25, 0.3) is 5.91 Å². The molecule has 0 unspecified atom stereocenters. The molecule has 9 heavy (non-hydrogen) atoms. The largest absolute Gasteiger partial charge is 0.318 e. The van der Waals surface area contributed by atoms with Crippen LogP contribution in [0.15, 0.2) is 11.9 Å². The van der Waals surface area contributed by atoms with Crippen molar-refractivity contribution in [2.24, 2.45) is 0 Å². The van der Waals surface area contributed by atoms with Crippen LogP contribution in [0.4, 0.5) is 8.87 Å². The monoisotopic (exact) mass is 133 g/mol. The van der Waals surface area contributed by atoms with E-state index in [9.17, 15) is 18.5 Å². The number of amides is 2. The van der Waals surface area contributed by atoms with E-state index < -0.39 is 22.8 Å². The predicted molar refractivity (Wildman–Crippen MR) is 22.2 cm³/mol. The van der Waals surface area contributed by atoms with Crippen molar-refractivity contribution < 1.29 is 18.5 Å². The summed E-state index contributed by atoms with van der Waals surface area (Å²) in [6.07, 6.45) is 0.294. The molecule has 1 heterocycles. The van der Waals surface area contributed by atoms with Crippen LogP contribution in [-0.2, 0) is 9.59 Å². The molecule has 1 rings (SSSR count). The molecule has 1 aliphatic rings. The number of hydrogen-bond donors (Lipinski definition) is 0. The summed E-state index contributed by atoms with van der Waals surface area (Å²) in [5.74, 6) is -4.15. The number of rotatable bonds is 0. The number of nitrogens with zero attached hydrogens (tertiary/aromatic N) is 1. The second-order valence-electron chi connectivity index (χ2n) is 1.42. The zero-order valence-electron chi connectivity index (χ0n) is 4.10. The van der Waals surface area contributed by atoms with Crippen LogP contribution in [0.25, 0.3) is 0 Å². The minimum atomic E-state index is -1.53. The van der Waals surface area contributed by atoms with Gasteiger partial charge in [0.1, 0.15) is 0 Å². The van der Waals surface area contributed by atoms with Crippen LogP contribution in [0.3, 0.4) is 0 Å². The molecule has 0 aromatic rings. The fourth-order valence-corrected chi connectivity index (χ4v) is 0.421. The third-order valence-corrected chi connectivity index (χ3v) is 0.826. The van der Waals surface area contributed by atoms with E-state index in [0.29, 0.717) is 6.08 Å². The van der Waals surface area contributed by atoms with E-state index in [1.54, 1.807) is 0 Å². The van der Waals surface area contributed by atoms with E-state index in [1.807, 2.05) is 0 Å². The summed E-state index contributed by atoms with van der Waals surface area (Å²) in [4.78, 5) is 20.0. The Morgan fingerprint density at radius 2 is 2.00 bits per heavy atom. The van der Waals surface area contributed by atoms with Gasteiger partial charge in [-0.15, -0.1) is 0 Å². The molecule has 1 aliphatic heterocycles. The van der Waals surface area contributed by atoms with Gasteiger partial charge in [0.05, 0.1) is 0 Å². The number of hydrogen-bond acceptors (Lipinski definition) is 2. The molecule has 5 heteroatoms. The second kappa shape index (κ2) is 1.61. The molecule has 0 atom stereocenters. The Bertz CT molecular complexity index is 211. The molecule has 0 saturated carbocycles. The standard InChI is InChI=1S/C4HF2NO2/c5-2-1-3(8)7(6)4(2)9/h1H. The molecule has 0 N–H and O–H groups in total. The minimum Gasteiger partial charge on any atom is -0.267 e. The highest BCUT2D eigenvalue weighted by Gasteiger charge is 2.31. The number of halogens is 2. The van der Waals surface area contributed by atoms with Gasteiger partial charge in [-0.1, -0.05) is 9.60 Å². The normalized spacial score (nSPS) is 18.9. The third-order valence-electron chi connectivity index (χ3n) is 0.826. The number of carbonyl (C=O) groups excluding carboxylic acids is 2. The Labute approximate surface area is 48.5 Å². The molecule has 3 nitrogen and oxygen atoms in total. The van der Waals surface area contributed by atoms with Gasteiger partial charge in [-0.2, -0.15) is 0 Å². The highest BCUT2D eigenvalue weighted by Crippen LogP contribution is 2.12. The van der Waals surface area contributed by atoms with Gasteiger partial charge in [0.2, 0.25) is 0 Å². The van der Waals surface area contributed by atoms with Crippen molar-refractivity contribution in [3.05, 3.63) is 11.9 Å². The molecule has 0 fully saturated rings. The summed E-state index contributed by atoms with van der Waals surface area (Å²) in [6, 6.07) is 0. The zero-order chi connectivity index (χ0) is 7.02. The fourth-order valence-electron chi connectivity index (χ4n) is 0.421. The fraction of sp³-hybridized carbons (Fsp3) is 0. The van der Waals surface area contributed by atoms with Crippen molar-refractivity contribution in [1.29, 1.82) is 0 Å². The molecule has 0 bridgehead atoms. The first-order valence-corrected chi connectivity index (χ1v) is 2.04. The Morgan fingerprint density at radius 3 is 2.11 bits per heavy atom. The van der Waals surface area contributed by atoms with Gasteiger partial charge in [-0.25, -0.2) is 4.39 Å². The van der Waals surface area contributed by atoms with Gasteiger partial charge in [-0.05, 0) is 0 Å². The van der Waals surface area contributed by atoms with Crippen LogP contribution in [0.1, 0.15) is 0 Å². The van der Waals surface area contributed by atoms with Crippen LogP contribution >= 0.6 is 0 Å². The lowest BCUT2D eigenvalue weighted by atomic mass is 10.5. The summed E-state index contributed by atoms with van der Waals surface area (Å²) in [6.45, 7) is 0. The van der Waals surface area contributed by atoms with Gasteiger partial charge in [-0.3, -0.25) is 9.59 Å². The van der Waals surface area contributed by atoms with Crippen molar-refractivity contribution in [3.8, 4) is 0 Å². The molecule has 48 valence electrons. The topological polar surface area (TPSA) is 37.4 Å². The molecule has 0 radical (unpaired) electrons. The van der Waals surface area contributed by atoms with Crippen molar-refractivity contribution in [2.75, 3.05) is 0 Å². The van der Waals surface area contributed by atoms with E-state index in [1.165, 1.54) is 0 Å². The van der Waals surface area contributed by atoms with E-state index in [-0.39, 0.29) is 0 Å². The Morgan fingerprint density at radius 1 is 1.44 bits per heavy atom. The van der Waals surface area contributed by atoms with Crippen molar-refractivity contribution in [2.45, 2.75) is 0 Å². The lowest BCUT2D eigenvalue weighted by molar-refractivity contribution is -0.153. The summed E-state index contributed by atoms with van der Waals surface area (Å²) < 4.78 is 23.6. The van der Waals surface area contributed by atoms with Crippen LogP contribution in [0.5, 0.6) is 0 Å². The molecule has 2 amide bonds. The van der Waals surface area contributed by atoms with E-state index in [2.05, 4.69) is 0 Å². The average Bonchev–Trinajstić information content (AvgIpc) is 1.98. The van der Waals surface area contributed by atoms with Crippen LogP contribution in [-0.4, -0.2) is 16.9 Å². The second-order valence-corrected chi connectivity index (χ2v) is 1.42. The zero-order valence-corrected chi connectivity index (χ0v) is 4.10. The summed E-state index contributed by atoms with van der Waals surface area (Å²) in [5.41, 5.74) is 0. The van der Waals surface area contributed by atoms with Gasteiger partial charge >= 0.3 is 5.91 Å². The maximum atomic E-state index is 11.8. The first-order valence-electron chi connectivity index (χ1n) is 2.04. The Balaban J connectivity index is 2.95. The number of imide groups is 1. The van der Waals surface area contributed by atoms with E-state index in [4.69, 9.17) is 0 Å². The predicted octanol–water partition coefficient (Wildman–Crippen LogP) is 0.0931. The van der Waals surface area contributed by atoms with Crippen LogP contribution < -0.4 is 0 Å². The van der Waals surface area contributed by atoms with Gasteiger partial charge in [0, 0.05) is 6.08 Å². The first-order chi connectivity index (χ1) is 4.13. The third kappa shape index (κ3) is 0.697. The highest BCUT2D eigenvalue weighted by atomic mass is 19.2. The molecular weight excluding hydrogens is 132 g/mol. The molecule has 0 aliphatic carbocycles. The SMILES string of the molecule is O=C1C=C(F)C(=O)N1F. The van der Waals surface area contributed by atoms with Crippen molar-refractivity contribution >= 4 is 11.8 Å². The van der Waals surface area contributed by atoms with Gasteiger partial charge < -0.3 is 0 Å². The molecule has 0 aromatic heterocycles. The smallest absolute Gasteiger partial charge is 0.267 e. The van der Waals surface area contributed by atoms with Crippen LogP contribution in [0.2, 0.25) is 0 Å². The lowest BCUT2D eigenvalue weighted by Gasteiger charge is -1.94. The highest BCUT2D eigenvalue weighted by molar-refractivity contribution is 6.13. The summed E-state index contributed by atoms with van der Waals surface area (Å²) in [7, 11) is 0. The van der Waals surface area contributed by atoms with Crippen LogP contribution in [0, 0.1) is 0 Å². The molecule has 0 saturated heterocycles. The van der Waals surface area contributed by atoms with E-state index in [0.717, 1.165) is 0 Å². The molecule has 0 aromatic carbocycles. The Kier molecular flexibility index (Phi) is 1.05. The Hall–Kier alpha value is -1.26. The maximum Gasteiger partial charge on any atom is 0.318 e. The molecular formula is C4HF2NO2. The van der Waals surface area contributed by atoms with E-state index >= 15 is 0 Å². The summed E-state index contributed by atoms with van der Waals surface area (Å²) >= 11 is 0. The average molecular weight is 133 g/mol. The number of carbonyl (C=O) groups is 2. The van der Waals surface area contributed by atoms with Gasteiger partial charge in [0.15, 0.2) is 5.83 Å². The summed E-state index contributed by atoms with van der Waals surface area (Å²) in [5, 5.41) is -0.782. The lowest BCUT2D eigenvalue weighted by Crippen LogP contribution is -2.20. The van der Waals surface area contributed by atoms with Crippen molar-refractivity contribution in [1.82, 2.24) is 5.12 Å². The maximum absolute atomic E-state index is 11.8. The molecule has 0 spiro atoms.